The van der Waals surface area contributed by atoms with Crippen molar-refractivity contribution >= 4 is 11.8 Å². The van der Waals surface area contributed by atoms with Gasteiger partial charge in [-0.15, -0.1) is 0 Å². The fourth-order valence-electron chi connectivity index (χ4n) is 2.38. The molecule has 0 amide bonds. The Morgan fingerprint density at radius 2 is 2.05 bits per heavy atom. The second kappa shape index (κ2) is 5.50. The number of benzene rings is 1. The van der Waals surface area contributed by atoms with Gasteiger partial charge in [-0.05, 0) is 18.6 Å². The number of aliphatic hydroxyl groups excluding tert-OH is 1. The van der Waals surface area contributed by atoms with Crippen LogP contribution in [0.2, 0.25) is 0 Å². The lowest BCUT2D eigenvalue weighted by Gasteiger charge is -2.22. The molecule has 0 fully saturated rings. The minimum atomic E-state index is -0.712. The van der Waals surface area contributed by atoms with E-state index in [-0.39, 0.29) is 47.7 Å². The monoisotopic (exact) mass is 280 g/mol. The third-order valence-electron chi connectivity index (χ3n) is 3.11. The highest BCUT2D eigenvalue weighted by Crippen LogP contribution is 2.31. The molecule has 1 heterocycles. The van der Waals surface area contributed by atoms with Gasteiger partial charge in [0.15, 0.2) is 5.78 Å². The number of aromatic hydroxyl groups is 2. The van der Waals surface area contributed by atoms with Crippen LogP contribution in [0.5, 0.6) is 11.5 Å². The zero-order chi connectivity index (χ0) is 14.9. The van der Waals surface area contributed by atoms with Gasteiger partial charge in [0.2, 0.25) is 0 Å². The van der Waals surface area contributed by atoms with Crippen molar-refractivity contribution in [3.63, 3.8) is 0 Å². The summed E-state index contributed by atoms with van der Waals surface area (Å²) in [5.41, 5.74) is 0.281. The summed E-state index contributed by atoms with van der Waals surface area (Å²) in [7, 11) is 0. The highest BCUT2D eigenvalue weighted by atomic mass is 16.5. The molecule has 1 aliphatic rings. The maximum Gasteiger partial charge on any atom is 0.310 e. The SMILES string of the molecule is C[C@@H](O)C[C@@H]1CC(=O)c2c(O)cc(O)cc2CC(=O)O1. The lowest BCUT2D eigenvalue weighted by molar-refractivity contribution is -0.149. The highest BCUT2D eigenvalue weighted by molar-refractivity contribution is 6.02. The summed E-state index contributed by atoms with van der Waals surface area (Å²) in [6.07, 6.45) is -1.57. The van der Waals surface area contributed by atoms with Crippen LogP contribution in [0.1, 0.15) is 35.7 Å². The molecule has 2 atom stereocenters. The van der Waals surface area contributed by atoms with Crippen molar-refractivity contribution in [1.29, 1.82) is 0 Å². The molecule has 3 N–H and O–H groups in total. The second-order valence-corrected chi connectivity index (χ2v) is 5.00. The normalized spacial score (nSPS) is 20.6. The Kier molecular flexibility index (Phi) is 3.94. The molecule has 0 spiro atoms. The molecule has 0 radical (unpaired) electrons. The summed E-state index contributed by atoms with van der Waals surface area (Å²) in [6, 6.07) is 2.33. The first kappa shape index (κ1) is 14.3. The Labute approximate surface area is 115 Å². The molecule has 1 aromatic carbocycles. The lowest BCUT2D eigenvalue weighted by atomic mass is 9.93. The number of phenols is 2. The van der Waals surface area contributed by atoms with Gasteiger partial charge in [-0.3, -0.25) is 9.59 Å². The van der Waals surface area contributed by atoms with E-state index in [4.69, 9.17) is 4.74 Å². The van der Waals surface area contributed by atoms with Crippen LogP contribution in [-0.2, 0) is 16.0 Å². The summed E-state index contributed by atoms with van der Waals surface area (Å²) in [4.78, 5) is 23.9. The lowest BCUT2D eigenvalue weighted by Crippen LogP contribution is -2.29. The summed E-state index contributed by atoms with van der Waals surface area (Å²) >= 11 is 0. The number of phenolic OH excluding ortho intramolecular Hbond substituents is 2. The van der Waals surface area contributed by atoms with E-state index in [1.54, 1.807) is 6.92 Å². The molecule has 0 saturated carbocycles. The van der Waals surface area contributed by atoms with Crippen molar-refractivity contribution in [2.45, 2.75) is 38.4 Å². The van der Waals surface area contributed by atoms with E-state index >= 15 is 0 Å². The van der Waals surface area contributed by atoms with E-state index in [2.05, 4.69) is 0 Å². The van der Waals surface area contributed by atoms with Crippen LogP contribution >= 0.6 is 0 Å². The van der Waals surface area contributed by atoms with E-state index in [0.29, 0.717) is 0 Å². The first-order chi connectivity index (χ1) is 9.36. The van der Waals surface area contributed by atoms with Crippen molar-refractivity contribution in [3.8, 4) is 11.5 Å². The molecule has 0 saturated heterocycles. The van der Waals surface area contributed by atoms with Crippen molar-refractivity contribution in [3.05, 3.63) is 23.3 Å². The van der Waals surface area contributed by atoms with Gasteiger partial charge >= 0.3 is 5.97 Å². The molecule has 6 nitrogen and oxygen atoms in total. The van der Waals surface area contributed by atoms with Crippen molar-refractivity contribution in [2.75, 3.05) is 0 Å². The van der Waals surface area contributed by atoms with Crippen LogP contribution in [-0.4, -0.2) is 39.3 Å². The first-order valence-corrected chi connectivity index (χ1v) is 6.32. The number of aliphatic hydroxyl groups is 1. The van der Waals surface area contributed by atoms with Crippen LogP contribution in [0.25, 0.3) is 0 Å². The number of hydrogen-bond acceptors (Lipinski definition) is 6. The molecule has 1 aliphatic heterocycles. The van der Waals surface area contributed by atoms with Crippen LogP contribution in [0, 0.1) is 0 Å². The van der Waals surface area contributed by atoms with Crippen molar-refractivity contribution < 1.29 is 29.6 Å². The Morgan fingerprint density at radius 3 is 2.70 bits per heavy atom. The molecular weight excluding hydrogens is 264 g/mol. The molecule has 108 valence electrons. The maximum absolute atomic E-state index is 12.2. The van der Waals surface area contributed by atoms with Gasteiger partial charge in [-0.2, -0.15) is 0 Å². The fourth-order valence-corrected chi connectivity index (χ4v) is 2.38. The number of ketones is 1. The number of cyclic esters (lactones) is 1. The highest BCUT2D eigenvalue weighted by Gasteiger charge is 2.28. The minimum absolute atomic E-state index is 0.0371. The number of carbonyl (C=O) groups is 2. The van der Waals surface area contributed by atoms with Gasteiger partial charge < -0.3 is 20.1 Å². The molecular formula is C14H16O6. The number of ether oxygens (including phenoxy) is 1. The van der Waals surface area contributed by atoms with E-state index in [9.17, 15) is 24.9 Å². The molecule has 0 bridgehead atoms. The summed E-state index contributed by atoms with van der Waals surface area (Å²) < 4.78 is 5.13. The largest absolute Gasteiger partial charge is 0.508 e. The van der Waals surface area contributed by atoms with E-state index in [1.807, 2.05) is 0 Å². The van der Waals surface area contributed by atoms with Crippen LogP contribution < -0.4 is 0 Å². The quantitative estimate of drug-likeness (QED) is 0.696. The third kappa shape index (κ3) is 3.08. The Morgan fingerprint density at radius 1 is 1.35 bits per heavy atom. The number of hydrogen-bond donors (Lipinski definition) is 3. The minimum Gasteiger partial charge on any atom is -0.508 e. The predicted octanol–water partition coefficient (Wildman–Crippen LogP) is 0.909. The molecule has 0 aromatic heterocycles. The molecule has 6 heteroatoms. The summed E-state index contributed by atoms with van der Waals surface area (Å²) in [5, 5.41) is 28.6. The molecule has 2 rings (SSSR count). The Balaban J connectivity index is 2.38. The molecule has 0 unspecified atom stereocenters. The smallest absolute Gasteiger partial charge is 0.310 e. The number of rotatable bonds is 2. The van der Waals surface area contributed by atoms with E-state index in [1.165, 1.54) is 6.07 Å². The zero-order valence-corrected chi connectivity index (χ0v) is 11.0. The number of carbonyl (C=O) groups excluding carboxylic acids is 2. The zero-order valence-electron chi connectivity index (χ0n) is 11.0. The van der Waals surface area contributed by atoms with E-state index < -0.39 is 18.2 Å². The van der Waals surface area contributed by atoms with E-state index in [0.717, 1.165) is 6.07 Å². The average molecular weight is 280 g/mol. The van der Waals surface area contributed by atoms with Gasteiger partial charge in [-0.25, -0.2) is 0 Å². The van der Waals surface area contributed by atoms with Crippen LogP contribution in [0.3, 0.4) is 0 Å². The second-order valence-electron chi connectivity index (χ2n) is 5.00. The number of esters is 1. The van der Waals surface area contributed by atoms with Gasteiger partial charge in [0.25, 0.3) is 0 Å². The van der Waals surface area contributed by atoms with Gasteiger partial charge in [0.1, 0.15) is 17.6 Å². The number of Topliss-reactive ketones (excluding diaryl/α,β-unsaturated/α-hetero) is 1. The van der Waals surface area contributed by atoms with Gasteiger partial charge in [-0.1, -0.05) is 0 Å². The summed E-state index contributed by atoms with van der Waals surface area (Å²) in [5.74, 6) is -1.51. The maximum atomic E-state index is 12.2. The average Bonchev–Trinajstić information content (AvgIpc) is 2.24. The fraction of sp³-hybridized carbons (Fsp3) is 0.429. The third-order valence-corrected chi connectivity index (χ3v) is 3.11. The Bertz CT molecular complexity index is 549. The standard InChI is InChI=1S/C14H16O6/c1-7(15)2-10-6-12(18)14-8(4-13(19)20-10)3-9(16)5-11(14)17/h3,5,7,10,15-17H,2,4,6H2,1H3/t7-,10-/m1/s1. The van der Waals surface area contributed by atoms with Crippen LogP contribution in [0.4, 0.5) is 0 Å². The van der Waals surface area contributed by atoms with Gasteiger partial charge in [0.05, 0.1) is 18.1 Å². The predicted molar refractivity (Wildman–Crippen MR) is 68.6 cm³/mol. The number of fused-ring (bicyclic) bond motifs is 1. The van der Waals surface area contributed by atoms with Crippen molar-refractivity contribution in [1.82, 2.24) is 0 Å². The molecule has 1 aromatic rings. The summed E-state index contributed by atoms with van der Waals surface area (Å²) in [6.45, 7) is 1.54. The van der Waals surface area contributed by atoms with Crippen LogP contribution in [0.15, 0.2) is 12.1 Å². The topological polar surface area (TPSA) is 104 Å². The van der Waals surface area contributed by atoms with Gasteiger partial charge in [0, 0.05) is 18.9 Å². The molecule has 0 aliphatic carbocycles. The van der Waals surface area contributed by atoms with Crippen molar-refractivity contribution in [2.24, 2.45) is 0 Å². The molecule has 20 heavy (non-hydrogen) atoms. The Hall–Kier alpha value is -2.08. The first-order valence-electron chi connectivity index (χ1n) is 6.32.